The molecule has 3 saturated heterocycles. The van der Waals surface area contributed by atoms with Gasteiger partial charge in [-0.3, -0.25) is 8.42 Å². The van der Waals surface area contributed by atoms with Crippen molar-refractivity contribution in [3.8, 4) is 17.2 Å². The molecule has 3 aliphatic rings. The van der Waals surface area contributed by atoms with Crippen molar-refractivity contribution in [3.05, 3.63) is 175 Å². The van der Waals surface area contributed by atoms with E-state index < -0.39 is 34.1 Å². The Kier molecular flexibility index (Phi) is 28.9. The third-order valence-corrected chi connectivity index (χ3v) is 29.8. The van der Waals surface area contributed by atoms with E-state index in [0.29, 0.717) is 113 Å². The number of likely N-dealkylation sites (tertiary alicyclic amines) is 2. The highest BCUT2D eigenvalue weighted by Crippen LogP contribution is 2.43. The molecule has 0 amide bonds. The van der Waals surface area contributed by atoms with Gasteiger partial charge in [-0.25, -0.2) is 23.4 Å². The molecule has 3 aliphatic heterocycles. The first-order valence-corrected chi connectivity index (χ1v) is 47.6. The molecule has 6 aromatic carbocycles. The lowest BCUT2D eigenvalue weighted by Gasteiger charge is -2.32. The zero-order valence-electron chi connectivity index (χ0n) is 72.9. The number of pyridine rings is 1. The van der Waals surface area contributed by atoms with E-state index in [2.05, 4.69) is 149 Å². The summed E-state index contributed by atoms with van der Waals surface area (Å²) in [5.41, 5.74) is 11.9. The number of para-hydroxylation sites is 3. The van der Waals surface area contributed by atoms with Crippen LogP contribution in [-0.4, -0.2) is 192 Å². The Morgan fingerprint density at radius 2 is 0.886 bits per heavy atom. The van der Waals surface area contributed by atoms with Gasteiger partial charge in [0.15, 0.2) is 38.4 Å². The van der Waals surface area contributed by atoms with E-state index in [1.807, 2.05) is 136 Å². The number of β-amino-alcohol motifs (C(OH)–C–C–N with tert-alkyl or cyclic N) is 1. The van der Waals surface area contributed by atoms with E-state index in [0.717, 1.165) is 119 Å². The zero-order chi connectivity index (χ0) is 87.4. The average Bonchev–Trinajstić information content (AvgIpc) is 1.78. The van der Waals surface area contributed by atoms with Crippen LogP contribution in [0.2, 0.25) is 0 Å². The lowest BCUT2D eigenvalue weighted by Crippen LogP contribution is -2.34. The molecule has 0 spiro atoms. The largest absolute Gasteiger partial charge is 0.489 e. The molecule has 2 unspecified atom stereocenters. The number of piperidine rings is 3. The molecule has 10 N–H and O–H groups in total. The molecule has 3 fully saturated rings. The fourth-order valence-electron chi connectivity index (χ4n) is 15.3. The van der Waals surface area contributed by atoms with Crippen molar-refractivity contribution in [2.75, 3.05) is 91.4 Å². The number of sulfone groups is 1. The predicted molar refractivity (Wildman–Crippen MR) is 501 cm³/mol. The van der Waals surface area contributed by atoms with Crippen molar-refractivity contribution in [3.63, 3.8) is 0 Å². The van der Waals surface area contributed by atoms with Crippen molar-refractivity contribution < 1.29 is 36.2 Å². The number of hydrogen-bond donors (Lipinski definition) is 10. The van der Waals surface area contributed by atoms with Gasteiger partial charge in [0.05, 0.1) is 97.0 Å². The number of aliphatic hydroxyl groups excluding tert-OH is 1. The maximum atomic E-state index is 13.5. The molecular weight excluding hydrogens is 1610 g/mol. The summed E-state index contributed by atoms with van der Waals surface area (Å²) >= 11 is 0. The van der Waals surface area contributed by atoms with Crippen LogP contribution in [0.25, 0.3) is 33.4 Å². The van der Waals surface area contributed by atoms with E-state index >= 15 is 0 Å². The molecule has 28 nitrogen and oxygen atoms in total. The number of aliphatic hydroxyl groups is 1. The standard InChI is InChI=1S/C31H41N7O3S.C31H38N6O3S.C30H39N7O2S/c1-20(2)41-26-18-23(22-12-14-38(15-13-22)16-17-39)10-11-24(26)35-31-36-29-28(32-19-33-29)30(37-31)34-25-8-6-7-9-27(25)42(5,40)21(3)4;1-19(2)40-27-18-24(22-12-15-32-16-13-22)21(5)17-26(27)35-31-36-29-23(9-8-14-33-29)30(37-31)34-25-10-6-7-11-28(25)41(38,39)20(3)4;1-19(2)39-25-17-22(21-13-15-37(5)16-14-21)11-12-23(25)34-30-35-28-27(31-18-32-28)29(36-30)33-24-9-7-8-10-26(24)40(6,38)20(3)4/h6-11,18-22,39H,5,12-17H2,1-4H3,(H3,32,33,34,35,36,37);6-11,14,17-20,22,32H,12-13,15-16H2,1-5H3,(H2,33,34,35,36,37);7-12,17-21H,6,13-16H2,1-5H3,(H3,31,32,33,34,35,36). The summed E-state index contributed by atoms with van der Waals surface area (Å²) in [7, 11) is -6.42. The topological polar surface area (TPSA) is 354 Å². The molecule has 0 aliphatic carbocycles. The predicted octanol–water partition coefficient (Wildman–Crippen LogP) is 17.5. The second-order valence-electron chi connectivity index (χ2n) is 33.3. The highest BCUT2D eigenvalue weighted by molar-refractivity contribution is 8.01. The monoisotopic (exact) mass is 1730 g/mol. The number of fused-ring (bicyclic) bond motifs is 3. The Labute approximate surface area is 723 Å². The number of nitrogens with one attached hydrogen (secondary N) is 9. The highest BCUT2D eigenvalue weighted by atomic mass is 32.2. The average molecular weight is 1730 g/mol. The van der Waals surface area contributed by atoms with Crippen LogP contribution < -0.4 is 51.4 Å². The van der Waals surface area contributed by atoms with Crippen LogP contribution in [0.15, 0.2) is 167 Å². The smallest absolute Gasteiger partial charge is 0.231 e. The van der Waals surface area contributed by atoms with E-state index in [1.54, 1.807) is 63.0 Å². The van der Waals surface area contributed by atoms with E-state index in [9.17, 15) is 21.9 Å². The number of ether oxygens (including phenoxy) is 3. The molecule has 123 heavy (non-hydrogen) atoms. The van der Waals surface area contributed by atoms with Crippen LogP contribution in [0.4, 0.5) is 69.4 Å². The lowest BCUT2D eigenvalue weighted by molar-refractivity contribution is 0.164. The minimum absolute atomic E-state index is 0.00947. The summed E-state index contributed by atoms with van der Waals surface area (Å²) in [6.45, 7) is 32.3. The van der Waals surface area contributed by atoms with Crippen LogP contribution in [0.3, 0.4) is 0 Å². The SMILES string of the molecule is C=S(=O)(c1ccccc1Nc1nc(Nc2ccc(C3CCN(C)CC3)cc2OC(C)C)nc2nc[nH]c12)C(C)C.C=S(=O)(c1ccccc1Nc1nc(Nc2ccc(C3CCN(CCO)CC3)cc2OC(C)C)nc2nc[nH]c12)C(C)C.Cc1cc(Nc2nc(Nc3ccccc3S(=O)(=O)C(C)C)c3cccnc3n2)c(OC(C)C)cc1C1CCNCC1. The Hall–Kier alpha value is -11.1. The molecular formula is C92H118N20O8S3. The van der Waals surface area contributed by atoms with Crippen molar-refractivity contribution >= 4 is 143 Å². The third kappa shape index (κ3) is 21.8. The first-order valence-electron chi connectivity index (χ1n) is 42.5. The number of imidazole rings is 2. The Bertz CT molecular complexity index is 6020. The molecule has 6 aromatic heterocycles. The minimum atomic E-state index is -3.53. The molecule has 2 atom stereocenters. The summed E-state index contributed by atoms with van der Waals surface area (Å²) in [5.74, 6) is 14.3. The van der Waals surface area contributed by atoms with Gasteiger partial charge in [0.1, 0.15) is 34.1 Å². The zero-order valence-corrected chi connectivity index (χ0v) is 75.3. The van der Waals surface area contributed by atoms with Crippen LogP contribution >= 0.6 is 0 Å². The maximum Gasteiger partial charge on any atom is 0.231 e. The Balaban J connectivity index is 0.000000159. The van der Waals surface area contributed by atoms with Gasteiger partial charge in [-0.2, -0.15) is 29.9 Å². The molecule has 0 bridgehead atoms. The number of H-pyrrole nitrogens is 2. The Morgan fingerprint density at radius 1 is 0.455 bits per heavy atom. The number of hydrogen-bond acceptors (Lipinski definition) is 26. The number of aromatic amines is 2. The fourth-order valence-corrected chi connectivity index (χ4v) is 19.2. The fraction of sp³-hybridized carbons (Fsp3) is 0.402. The van der Waals surface area contributed by atoms with Gasteiger partial charge in [-0.15, -0.1) is 0 Å². The van der Waals surface area contributed by atoms with Gasteiger partial charge in [-0.1, -0.05) is 76.2 Å². The summed E-state index contributed by atoms with van der Waals surface area (Å²) in [5, 5.41) is 32.7. The molecule has 15 rings (SSSR count). The summed E-state index contributed by atoms with van der Waals surface area (Å²) in [4.78, 5) is 54.0. The number of anilines is 12. The quantitative estimate of drug-likeness (QED) is 0.0195. The molecule has 12 aromatic rings. The number of nitrogens with zero attached hydrogens (tertiary/aromatic N) is 11. The van der Waals surface area contributed by atoms with Crippen LogP contribution in [0.5, 0.6) is 17.2 Å². The van der Waals surface area contributed by atoms with Gasteiger partial charge in [-0.05, 0) is 284 Å². The van der Waals surface area contributed by atoms with E-state index in [4.69, 9.17) is 29.2 Å². The second-order valence-corrected chi connectivity index (χ2v) is 41.4. The number of aryl methyl sites for hydroxylation is 1. The van der Waals surface area contributed by atoms with Crippen LogP contribution in [-0.2, 0) is 28.9 Å². The van der Waals surface area contributed by atoms with E-state index in [1.165, 1.54) is 22.3 Å². The van der Waals surface area contributed by atoms with Crippen molar-refractivity contribution in [1.82, 2.24) is 69.9 Å². The summed E-state index contributed by atoms with van der Waals surface area (Å²) in [6, 6.07) is 42.4. The van der Waals surface area contributed by atoms with E-state index in [-0.39, 0.29) is 40.3 Å². The maximum absolute atomic E-state index is 13.5. The van der Waals surface area contributed by atoms with Crippen LogP contribution in [0, 0.1) is 6.92 Å². The number of rotatable bonds is 29. The first-order chi connectivity index (χ1) is 58.9. The first kappa shape index (κ1) is 89.7. The van der Waals surface area contributed by atoms with Crippen molar-refractivity contribution in [2.45, 2.75) is 195 Å². The Morgan fingerprint density at radius 3 is 1.36 bits per heavy atom. The number of benzene rings is 6. The molecule has 652 valence electrons. The number of aromatic nitrogens is 11. The van der Waals surface area contributed by atoms with Gasteiger partial charge >= 0.3 is 0 Å². The lowest BCUT2D eigenvalue weighted by atomic mass is 9.87. The molecule has 0 saturated carbocycles. The minimum Gasteiger partial charge on any atom is -0.489 e. The van der Waals surface area contributed by atoms with Gasteiger partial charge < -0.3 is 76.3 Å². The molecule has 9 heterocycles. The van der Waals surface area contributed by atoms with Gasteiger partial charge in [0, 0.05) is 42.3 Å². The third-order valence-electron chi connectivity index (χ3n) is 22.3. The second kappa shape index (κ2) is 39.6. The van der Waals surface area contributed by atoms with Crippen molar-refractivity contribution in [2.24, 2.45) is 0 Å². The normalized spacial score (nSPS) is 15.7. The van der Waals surface area contributed by atoms with Gasteiger partial charge in [0.25, 0.3) is 0 Å². The highest BCUT2D eigenvalue weighted by Gasteiger charge is 2.29. The van der Waals surface area contributed by atoms with Gasteiger partial charge in [0.2, 0.25) is 17.8 Å². The summed E-state index contributed by atoms with van der Waals surface area (Å²) < 4.78 is 71.9. The summed E-state index contributed by atoms with van der Waals surface area (Å²) in [6.07, 6.45) is 11.3. The molecule has 0 radical (unpaired) electrons. The van der Waals surface area contributed by atoms with Crippen molar-refractivity contribution in [1.29, 1.82) is 0 Å². The molecule has 31 heteroatoms. The van der Waals surface area contributed by atoms with Crippen LogP contribution in [0.1, 0.15) is 162 Å².